The summed E-state index contributed by atoms with van der Waals surface area (Å²) in [5.74, 6) is 0. The minimum atomic E-state index is 0.301. The lowest BCUT2D eigenvalue weighted by Gasteiger charge is -2.21. The average molecular weight is 278 g/mol. The second-order valence-corrected chi connectivity index (χ2v) is 5.57. The van der Waals surface area contributed by atoms with Crippen molar-refractivity contribution >= 4 is 26.8 Å². The van der Waals surface area contributed by atoms with E-state index in [-0.39, 0.29) is 0 Å². The second-order valence-electron chi connectivity index (χ2n) is 5.01. The molecule has 0 bridgehead atoms. The van der Waals surface area contributed by atoms with Crippen molar-refractivity contribution in [2.45, 2.75) is 20.3 Å². The molecule has 0 N–H and O–H groups in total. The van der Waals surface area contributed by atoms with Gasteiger partial charge in [0.2, 0.25) is 0 Å². The van der Waals surface area contributed by atoms with E-state index in [0.29, 0.717) is 5.41 Å². The first-order valence-corrected chi connectivity index (χ1v) is 6.62. The molecule has 0 unspecified atom stereocenters. The van der Waals surface area contributed by atoms with Crippen LogP contribution < -0.4 is 0 Å². The third-order valence-corrected chi connectivity index (χ3v) is 4.23. The van der Waals surface area contributed by atoms with Crippen molar-refractivity contribution in [1.82, 2.24) is 4.98 Å². The van der Waals surface area contributed by atoms with E-state index in [0.717, 1.165) is 17.3 Å². The molecule has 0 radical (unpaired) electrons. The standard InChI is InChI=1S/C14H16BrN/c1-14(2,10-15)9-11-5-6-13-12(8-11)4-3-7-16-13/h3-8H,9-10H2,1-2H3. The number of hydrogen-bond acceptors (Lipinski definition) is 1. The van der Waals surface area contributed by atoms with Crippen molar-refractivity contribution < 1.29 is 0 Å². The highest BCUT2D eigenvalue weighted by Crippen LogP contribution is 2.25. The van der Waals surface area contributed by atoms with Gasteiger partial charge in [0.05, 0.1) is 5.52 Å². The lowest BCUT2D eigenvalue weighted by molar-refractivity contribution is 0.425. The summed E-state index contributed by atoms with van der Waals surface area (Å²) in [6.45, 7) is 4.55. The first-order valence-electron chi connectivity index (χ1n) is 5.50. The Morgan fingerprint density at radius 2 is 2.06 bits per heavy atom. The minimum Gasteiger partial charge on any atom is -0.256 e. The van der Waals surface area contributed by atoms with Gasteiger partial charge in [-0.05, 0) is 35.6 Å². The summed E-state index contributed by atoms with van der Waals surface area (Å²) in [4.78, 5) is 4.33. The summed E-state index contributed by atoms with van der Waals surface area (Å²) in [6, 6.07) is 10.6. The number of rotatable bonds is 3. The number of benzene rings is 1. The molecule has 1 nitrogen and oxygen atoms in total. The molecule has 0 saturated carbocycles. The molecule has 0 fully saturated rings. The molecule has 2 aromatic rings. The average Bonchev–Trinajstić information content (AvgIpc) is 2.28. The van der Waals surface area contributed by atoms with Crippen LogP contribution >= 0.6 is 15.9 Å². The Labute approximate surface area is 105 Å². The van der Waals surface area contributed by atoms with Crippen LogP contribution in [0.15, 0.2) is 36.5 Å². The number of halogens is 1. The fourth-order valence-corrected chi connectivity index (χ4v) is 2.03. The number of nitrogens with zero attached hydrogens (tertiary/aromatic N) is 1. The third kappa shape index (κ3) is 2.62. The quantitative estimate of drug-likeness (QED) is 0.767. The lowest BCUT2D eigenvalue weighted by Crippen LogP contribution is -2.16. The van der Waals surface area contributed by atoms with Gasteiger partial charge in [-0.15, -0.1) is 0 Å². The van der Waals surface area contributed by atoms with Crippen molar-refractivity contribution in [3.05, 3.63) is 42.1 Å². The fraction of sp³-hybridized carbons (Fsp3) is 0.357. The first-order chi connectivity index (χ1) is 7.61. The summed E-state index contributed by atoms with van der Waals surface area (Å²) in [5, 5.41) is 2.25. The minimum absolute atomic E-state index is 0.301. The number of fused-ring (bicyclic) bond motifs is 1. The van der Waals surface area contributed by atoms with Crippen molar-refractivity contribution in [1.29, 1.82) is 0 Å². The van der Waals surface area contributed by atoms with Gasteiger partial charge in [-0.2, -0.15) is 0 Å². The molecular formula is C14H16BrN. The SMILES string of the molecule is CC(C)(CBr)Cc1ccc2ncccc2c1. The molecule has 2 heteroatoms. The van der Waals surface area contributed by atoms with Gasteiger partial charge >= 0.3 is 0 Å². The van der Waals surface area contributed by atoms with Crippen molar-refractivity contribution in [2.24, 2.45) is 5.41 Å². The van der Waals surface area contributed by atoms with Crippen LogP contribution in [0.2, 0.25) is 0 Å². The van der Waals surface area contributed by atoms with Crippen LogP contribution in [0.5, 0.6) is 0 Å². The Bertz CT molecular complexity index is 491. The predicted molar refractivity (Wildman–Crippen MR) is 73.0 cm³/mol. The molecule has 0 amide bonds. The van der Waals surface area contributed by atoms with Gasteiger partial charge in [-0.25, -0.2) is 0 Å². The Kier molecular flexibility index (Phi) is 3.29. The van der Waals surface area contributed by atoms with Gasteiger partial charge < -0.3 is 0 Å². The molecule has 0 aliphatic carbocycles. The summed E-state index contributed by atoms with van der Waals surface area (Å²) in [7, 11) is 0. The molecule has 84 valence electrons. The highest BCUT2D eigenvalue weighted by molar-refractivity contribution is 9.09. The van der Waals surface area contributed by atoms with Crippen molar-refractivity contribution in [2.75, 3.05) is 5.33 Å². The maximum absolute atomic E-state index is 4.33. The smallest absolute Gasteiger partial charge is 0.0702 e. The maximum atomic E-state index is 4.33. The van der Waals surface area contributed by atoms with Crippen LogP contribution in [-0.2, 0) is 6.42 Å². The van der Waals surface area contributed by atoms with Crippen LogP contribution in [0.25, 0.3) is 10.9 Å². The highest BCUT2D eigenvalue weighted by Gasteiger charge is 2.16. The molecule has 1 aromatic carbocycles. The molecule has 0 aliphatic heterocycles. The Hall–Kier alpha value is -0.890. The monoisotopic (exact) mass is 277 g/mol. The summed E-state index contributed by atoms with van der Waals surface area (Å²) >= 11 is 3.57. The van der Waals surface area contributed by atoms with Gasteiger partial charge in [0.25, 0.3) is 0 Å². The van der Waals surface area contributed by atoms with Crippen molar-refractivity contribution in [3.8, 4) is 0 Å². The summed E-state index contributed by atoms with van der Waals surface area (Å²) in [6.07, 6.45) is 2.92. The zero-order valence-electron chi connectivity index (χ0n) is 9.70. The normalized spacial score (nSPS) is 11.9. The Morgan fingerprint density at radius 3 is 2.81 bits per heavy atom. The number of pyridine rings is 1. The molecule has 16 heavy (non-hydrogen) atoms. The third-order valence-electron chi connectivity index (χ3n) is 2.71. The molecular weight excluding hydrogens is 262 g/mol. The van der Waals surface area contributed by atoms with Crippen molar-refractivity contribution in [3.63, 3.8) is 0 Å². The molecule has 0 atom stereocenters. The van der Waals surface area contributed by atoms with Crippen LogP contribution in [-0.4, -0.2) is 10.3 Å². The molecule has 2 rings (SSSR count). The molecule has 1 aromatic heterocycles. The summed E-state index contributed by atoms with van der Waals surface area (Å²) in [5.41, 5.74) is 2.75. The molecule has 0 spiro atoms. The van der Waals surface area contributed by atoms with Crippen LogP contribution in [0.4, 0.5) is 0 Å². The lowest BCUT2D eigenvalue weighted by atomic mass is 9.88. The first kappa shape index (κ1) is 11.6. The van der Waals surface area contributed by atoms with E-state index in [1.165, 1.54) is 10.9 Å². The number of alkyl halides is 1. The van der Waals surface area contributed by atoms with E-state index in [4.69, 9.17) is 0 Å². The van der Waals surface area contributed by atoms with Crippen LogP contribution in [0, 0.1) is 5.41 Å². The Morgan fingerprint density at radius 1 is 1.25 bits per heavy atom. The largest absolute Gasteiger partial charge is 0.256 e. The van der Waals surface area contributed by atoms with E-state index < -0.39 is 0 Å². The second kappa shape index (κ2) is 4.54. The van der Waals surface area contributed by atoms with E-state index in [1.54, 1.807) is 0 Å². The predicted octanol–water partition coefficient (Wildman–Crippen LogP) is 4.20. The zero-order valence-corrected chi connectivity index (χ0v) is 11.3. The van der Waals surface area contributed by atoms with E-state index in [1.807, 2.05) is 12.3 Å². The Balaban J connectivity index is 2.33. The van der Waals surface area contributed by atoms with Crippen LogP contribution in [0.1, 0.15) is 19.4 Å². The van der Waals surface area contributed by atoms with Gasteiger partial charge in [0.15, 0.2) is 0 Å². The van der Waals surface area contributed by atoms with Gasteiger partial charge in [-0.1, -0.05) is 41.9 Å². The molecule has 0 saturated heterocycles. The molecule has 0 aliphatic rings. The topological polar surface area (TPSA) is 12.9 Å². The van der Waals surface area contributed by atoms with E-state index >= 15 is 0 Å². The van der Waals surface area contributed by atoms with Gasteiger partial charge in [0.1, 0.15) is 0 Å². The van der Waals surface area contributed by atoms with E-state index in [9.17, 15) is 0 Å². The van der Waals surface area contributed by atoms with Crippen LogP contribution in [0.3, 0.4) is 0 Å². The fourth-order valence-electron chi connectivity index (χ4n) is 1.83. The zero-order chi connectivity index (χ0) is 11.6. The molecule has 1 heterocycles. The number of aromatic nitrogens is 1. The highest BCUT2D eigenvalue weighted by atomic mass is 79.9. The van der Waals surface area contributed by atoms with Gasteiger partial charge in [0, 0.05) is 16.9 Å². The van der Waals surface area contributed by atoms with E-state index in [2.05, 4.69) is 59.0 Å². The maximum Gasteiger partial charge on any atom is 0.0702 e. The number of hydrogen-bond donors (Lipinski definition) is 0. The van der Waals surface area contributed by atoms with Gasteiger partial charge in [-0.3, -0.25) is 4.98 Å². The summed E-state index contributed by atoms with van der Waals surface area (Å²) < 4.78 is 0.